The summed E-state index contributed by atoms with van der Waals surface area (Å²) in [5.41, 5.74) is 11.0. The molecule has 6 rings (SSSR count). The number of fused-ring (bicyclic) bond motifs is 3. The number of benzene rings is 5. The van der Waals surface area contributed by atoms with Crippen molar-refractivity contribution in [2.75, 3.05) is 0 Å². The van der Waals surface area contributed by atoms with Crippen LogP contribution in [0, 0.1) is 5.41 Å². The Kier molecular flexibility index (Phi) is 4.52. The van der Waals surface area contributed by atoms with Crippen molar-refractivity contribution in [2.45, 2.75) is 26.7 Å². The highest BCUT2D eigenvalue weighted by atomic mass is 14.4. The van der Waals surface area contributed by atoms with Crippen LogP contribution in [0.4, 0.5) is 0 Å². The first-order chi connectivity index (χ1) is 16.0. The highest BCUT2D eigenvalue weighted by Gasteiger charge is 2.34. The van der Waals surface area contributed by atoms with Gasteiger partial charge in [0.2, 0.25) is 0 Å². The van der Waals surface area contributed by atoms with Crippen LogP contribution in [0.2, 0.25) is 0 Å². The summed E-state index contributed by atoms with van der Waals surface area (Å²) in [6, 6.07) is 40.2. The molecule has 5 aromatic rings. The van der Waals surface area contributed by atoms with Gasteiger partial charge in [-0.15, -0.1) is 0 Å². The van der Waals surface area contributed by atoms with Gasteiger partial charge in [-0.05, 0) is 66.8 Å². The Morgan fingerprint density at radius 3 is 1.85 bits per heavy atom. The Labute approximate surface area is 196 Å². The first-order valence-electron chi connectivity index (χ1n) is 11.8. The monoisotopic (exact) mass is 424 g/mol. The van der Waals surface area contributed by atoms with Gasteiger partial charge < -0.3 is 0 Å². The summed E-state index contributed by atoms with van der Waals surface area (Å²) in [7, 11) is 0. The molecule has 1 aliphatic carbocycles. The Bertz CT molecular complexity index is 1470. The summed E-state index contributed by atoms with van der Waals surface area (Å²) in [6.07, 6.45) is 0. The summed E-state index contributed by atoms with van der Waals surface area (Å²) >= 11 is 0. The zero-order chi connectivity index (χ0) is 22.6. The average Bonchev–Trinajstić information content (AvgIpc) is 3.16. The van der Waals surface area contributed by atoms with Gasteiger partial charge in [-0.25, -0.2) is 0 Å². The highest BCUT2D eigenvalue weighted by Crippen LogP contribution is 2.55. The zero-order valence-corrected chi connectivity index (χ0v) is 19.5. The fraction of sp³-hybridized carbons (Fsp3) is 0.152. The van der Waals surface area contributed by atoms with Crippen molar-refractivity contribution in [2.24, 2.45) is 5.41 Å². The summed E-state index contributed by atoms with van der Waals surface area (Å²) in [6.45, 7) is 7.11. The molecule has 0 aliphatic heterocycles. The molecule has 160 valence electrons. The molecule has 0 unspecified atom stereocenters. The number of rotatable bonds is 3. The second kappa shape index (κ2) is 7.46. The first kappa shape index (κ1) is 20.0. The third-order valence-electron chi connectivity index (χ3n) is 7.06. The van der Waals surface area contributed by atoms with Crippen LogP contribution < -0.4 is 0 Å². The van der Waals surface area contributed by atoms with Crippen LogP contribution in [0.25, 0.3) is 44.2 Å². The molecule has 1 atom stereocenters. The third kappa shape index (κ3) is 3.13. The van der Waals surface area contributed by atoms with Crippen LogP contribution in [0.5, 0.6) is 0 Å². The lowest BCUT2D eigenvalue weighted by Crippen LogP contribution is -2.20. The van der Waals surface area contributed by atoms with Crippen molar-refractivity contribution in [3.8, 4) is 33.4 Å². The lowest BCUT2D eigenvalue weighted by atomic mass is 9.69. The molecule has 0 saturated carbocycles. The lowest BCUT2D eigenvalue weighted by molar-refractivity contribution is 0.359. The molecule has 0 saturated heterocycles. The number of hydrogen-bond donors (Lipinski definition) is 0. The van der Waals surface area contributed by atoms with E-state index in [0.29, 0.717) is 0 Å². The molecule has 0 spiro atoms. The van der Waals surface area contributed by atoms with E-state index in [2.05, 4.69) is 130 Å². The summed E-state index contributed by atoms with van der Waals surface area (Å²) in [4.78, 5) is 0. The molecule has 5 aromatic carbocycles. The zero-order valence-electron chi connectivity index (χ0n) is 19.5. The Morgan fingerprint density at radius 2 is 1.15 bits per heavy atom. The van der Waals surface area contributed by atoms with Crippen LogP contribution in [0.1, 0.15) is 37.8 Å². The smallest absolute Gasteiger partial charge is 0.0144 e. The van der Waals surface area contributed by atoms with Crippen LogP contribution in [0.15, 0.2) is 109 Å². The second-order valence-electron chi connectivity index (χ2n) is 10.2. The van der Waals surface area contributed by atoms with Crippen molar-refractivity contribution in [3.05, 3.63) is 120 Å². The predicted octanol–water partition coefficient (Wildman–Crippen LogP) is 9.33. The predicted molar refractivity (Wildman–Crippen MR) is 142 cm³/mol. The first-order valence-corrected chi connectivity index (χ1v) is 11.8. The van der Waals surface area contributed by atoms with Crippen molar-refractivity contribution in [1.82, 2.24) is 0 Å². The van der Waals surface area contributed by atoms with E-state index in [4.69, 9.17) is 0 Å². The Hall–Kier alpha value is -3.64. The van der Waals surface area contributed by atoms with E-state index in [0.717, 1.165) is 0 Å². The molecule has 0 fully saturated rings. The van der Waals surface area contributed by atoms with Gasteiger partial charge >= 0.3 is 0 Å². The highest BCUT2D eigenvalue weighted by molar-refractivity contribution is 6.19. The Balaban J connectivity index is 1.79. The molecule has 0 heterocycles. The van der Waals surface area contributed by atoms with Crippen LogP contribution in [-0.2, 0) is 0 Å². The van der Waals surface area contributed by atoms with Crippen molar-refractivity contribution >= 4 is 10.8 Å². The topological polar surface area (TPSA) is 0 Å². The van der Waals surface area contributed by atoms with Crippen molar-refractivity contribution in [3.63, 3.8) is 0 Å². The minimum absolute atomic E-state index is 0.0566. The van der Waals surface area contributed by atoms with E-state index in [1.165, 1.54) is 55.3 Å². The third-order valence-corrected chi connectivity index (χ3v) is 7.06. The van der Waals surface area contributed by atoms with Crippen LogP contribution in [0.3, 0.4) is 0 Å². The van der Waals surface area contributed by atoms with Gasteiger partial charge in [0.25, 0.3) is 0 Å². The van der Waals surface area contributed by atoms with Gasteiger partial charge in [0, 0.05) is 5.92 Å². The molecule has 0 aromatic heterocycles. The molecule has 0 radical (unpaired) electrons. The molecule has 0 N–H and O–H groups in total. The molecule has 0 nitrogen and oxygen atoms in total. The van der Waals surface area contributed by atoms with Gasteiger partial charge in [0.05, 0.1) is 0 Å². The maximum Gasteiger partial charge on any atom is 0.0144 e. The van der Waals surface area contributed by atoms with Gasteiger partial charge in [-0.3, -0.25) is 0 Å². The fourth-order valence-electron chi connectivity index (χ4n) is 5.84. The van der Waals surface area contributed by atoms with Gasteiger partial charge in [-0.2, -0.15) is 0 Å². The Morgan fingerprint density at radius 1 is 0.545 bits per heavy atom. The maximum absolute atomic E-state index is 2.47. The molecule has 0 heteroatoms. The van der Waals surface area contributed by atoms with Gasteiger partial charge in [0.15, 0.2) is 0 Å². The largest absolute Gasteiger partial charge is 0.0622 e. The van der Waals surface area contributed by atoms with Gasteiger partial charge in [-0.1, -0.05) is 124 Å². The minimum atomic E-state index is 0.0566. The van der Waals surface area contributed by atoms with E-state index in [-0.39, 0.29) is 11.3 Å². The van der Waals surface area contributed by atoms with E-state index in [1.54, 1.807) is 0 Å². The molecule has 1 aliphatic rings. The normalized spacial score (nSPS) is 13.2. The standard InChI is InChI=1S/C33H28/c1-33(2,3)32(23-15-8-5-9-16-23)28-21-24-17-12-20-26-25-18-10-11-19-27(25)31(30(24)26)29(28)22-13-6-4-7-14-22/h4-21,32H,1-3H3/t32-/m1/s1. The lowest BCUT2D eigenvalue weighted by Gasteiger charge is -2.34. The van der Waals surface area contributed by atoms with E-state index < -0.39 is 0 Å². The van der Waals surface area contributed by atoms with E-state index in [9.17, 15) is 0 Å². The SMILES string of the molecule is CC(C)(C)[C@H](c1ccccc1)c1cc2cccc3c2c(c1-c1ccccc1)-c1ccccc1-3. The average molecular weight is 425 g/mol. The quantitative estimate of drug-likeness (QED) is 0.265. The second-order valence-corrected chi connectivity index (χ2v) is 10.2. The van der Waals surface area contributed by atoms with Crippen LogP contribution >= 0.6 is 0 Å². The maximum atomic E-state index is 2.47. The van der Waals surface area contributed by atoms with Crippen molar-refractivity contribution in [1.29, 1.82) is 0 Å². The fourth-order valence-corrected chi connectivity index (χ4v) is 5.84. The van der Waals surface area contributed by atoms with Gasteiger partial charge in [0.1, 0.15) is 0 Å². The van der Waals surface area contributed by atoms with Crippen LogP contribution in [-0.4, -0.2) is 0 Å². The van der Waals surface area contributed by atoms with E-state index >= 15 is 0 Å². The number of hydrogen-bond acceptors (Lipinski definition) is 0. The molecule has 33 heavy (non-hydrogen) atoms. The molecular formula is C33H28. The molecular weight excluding hydrogens is 396 g/mol. The summed E-state index contributed by atoms with van der Waals surface area (Å²) in [5.74, 6) is 0.269. The summed E-state index contributed by atoms with van der Waals surface area (Å²) in [5, 5.41) is 2.72. The van der Waals surface area contributed by atoms with E-state index in [1.807, 2.05) is 0 Å². The minimum Gasteiger partial charge on any atom is -0.0622 e. The molecule has 0 bridgehead atoms. The summed E-state index contributed by atoms with van der Waals surface area (Å²) < 4.78 is 0. The molecule has 0 amide bonds. The van der Waals surface area contributed by atoms with Crippen molar-refractivity contribution < 1.29 is 0 Å².